The highest BCUT2D eigenvalue weighted by Crippen LogP contribution is 2.32. The lowest BCUT2D eigenvalue weighted by atomic mass is 10.1. The highest BCUT2D eigenvalue weighted by molar-refractivity contribution is 5.92. The Bertz CT molecular complexity index is 819. The Morgan fingerprint density at radius 1 is 1.12 bits per heavy atom. The second-order valence-corrected chi connectivity index (χ2v) is 4.48. The number of carboxylic acid groups (broad SMARTS) is 1. The lowest BCUT2D eigenvalue weighted by Crippen LogP contribution is -2.16. The van der Waals surface area contributed by atoms with Gasteiger partial charge in [-0.05, 0) is 24.3 Å². The molecular weight excluding hydrogens is 354 g/mol. The van der Waals surface area contributed by atoms with Crippen LogP contribution in [0.4, 0.5) is 23.2 Å². The second kappa shape index (κ2) is 6.63. The number of hydrogen-bond acceptors (Lipinski definition) is 5. The number of carboxylic acids is 1. The number of halogens is 4. The molecule has 0 aromatic heterocycles. The van der Waals surface area contributed by atoms with E-state index in [0.29, 0.717) is 12.1 Å². The number of nitro groups is 1. The highest BCUT2D eigenvalue weighted by Gasteiger charge is 2.31. The van der Waals surface area contributed by atoms with E-state index in [1.807, 2.05) is 0 Å². The topological polar surface area (TPSA) is 98.9 Å². The van der Waals surface area contributed by atoms with Gasteiger partial charge in [0.25, 0.3) is 5.69 Å². The summed E-state index contributed by atoms with van der Waals surface area (Å²) in [5, 5.41) is 19.7. The molecule has 0 saturated heterocycles. The molecule has 0 aliphatic heterocycles. The third-order valence-electron chi connectivity index (χ3n) is 2.76. The van der Waals surface area contributed by atoms with E-state index in [1.165, 1.54) is 0 Å². The van der Waals surface area contributed by atoms with Crippen LogP contribution in [0.5, 0.6) is 17.2 Å². The fourth-order valence-electron chi connectivity index (χ4n) is 1.78. The van der Waals surface area contributed by atoms with Crippen LogP contribution in [0.25, 0.3) is 0 Å². The summed E-state index contributed by atoms with van der Waals surface area (Å²) in [4.78, 5) is 20.7. The molecule has 0 atom stereocenters. The normalized spacial score (nSPS) is 11.0. The molecule has 0 aliphatic carbocycles. The first kappa shape index (κ1) is 18.0. The molecule has 0 unspecified atom stereocenters. The molecular formula is C14H7F4NO6. The van der Waals surface area contributed by atoms with E-state index in [9.17, 15) is 32.5 Å². The van der Waals surface area contributed by atoms with Crippen LogP contribution in [-0.2, 0) is 0 Å². The molecule has 132 valence electrons. The fourth-order valence-corrected chi connectivity index (χ4v) is 1.78. The number of carbonyl (C=O) groups is 1. The molecule has 0 fully saturated rings. The lowest BCUT2D eigenvalue weighted by Gasteiger charge is -2.11. The Morgan fingerprint density at radius 3 is 2.16 bits per heavy atom. The quantitative estimate of drug-likeness (QED) is 0.489. The van der Waals surface area contributed by atoms with E-state index in [1.54, 1.807) is 0 Å². The minimum atomic E-state index is -4.89. The van der Waals surface area contributed by atoms with Crippen LogP contribution in [0.1, 0.15) is 10.4 Å². The number of rotatable bonds is 5. The first-order valence-electron chi connectivity index (χ1n) is 6.31. The van der Waals surface area contributed by atoms with Crippen molar-refractivity contribution in [2.24, 2.45) is 0 Å². The molecule has 1 N–H and O–H groups in total. The van der Waals surface area contributed by atoms with Crippen LogP contribution in [0.15, 0.2) is 36.4 Å². The first-order valence-corrected chi connectivity index (χ1v) is 6.31. The van der Waals surface area contributed by atoms with E-state index in [2.05, 4.69) is 4.74 Å². The maximum absolute atomic E-state index is 13.8. The largest absolute Gasteiger partial charge is 0.573 e. The summed E-state index contributed by atoms with van der Waals surface area (Å²) in [5.41, 5.74) is -1.77. The summed E-state index contributed by atoms with van der Waals surface area (Å²) in [6.07, 6.45) is -4.89. The third kappa shape index (κ3) is 4.56. The van der Waals surface area contributed by atoms with Crippen LogP contribution in [-0.4, -0.2) is 22.4 Å². The molecule has 0 saturated carbocycles. The van der Waals surface area contributed by atoms with E-state index in [-0.39, 0.29) is 5.75 Å². The lowest BCUT2D eigenvalue weighted by molar-refractivity contribution is -0.385. The van der Waals surface area contributed by atoms with Crippen molar-refractivity contribution in [3.8, 4) is 17.2 Å². The van der Waals surface area contributed by atoms with E-state index < -0.39 is 45.8 Å². The van der Waals surface area contributed by atoms with Crippen LogP contribution in [0, 0.1) is 15.9 Å². The number of hydrogen-bond donors (Lipinski definition) is 1. The molecule has 2 aromatic carbocycles. The SMILES string of the molecule is O=C(O)c1cc(Oc2ccc(OC(F)(F)F)cc2)c(F)cc1[N+](=O)[O-]. The minimum absolute atomic E-state index is 0.140. The van der Waals surface area contributed by atoms with Crippen molar-refractivity contribution in [1.82, 2.24) is 0 Å². The average Bonchev–Trinajstić information content (AvgIpc) is 2.49. The third-order valence-corrected chi connectivity index (χ3v) is 2.76. The molecule has 0 amide bonds. The molecule has 0 aliphatic rings. The number of aromatic carboxylic acids is 1. The molecule has 11 heteroatoms. The molecule has 2 rings (SSSR count). The number of benzene rings is 2. The van der Waals surface area contributed by atoms with Crippen molar-refractivity contribution in [1.29, 1.82) is 0 Å². The van der Waals surface area contributed by atoms with Gasteiger partial charge in [0, 0.05) is 6.07 Å². The van der Waals surface area contributed by atoms with E-state index in [4.69, 9.17) is 9.84 Å². The molecule has 0 bridgehead atoms. The van der Waals surface area contributed by atoms with Gasteiger partial charge in [-0.2, -0.15) is 0 Å². The zero-order valence-electron chi connectivity index (χ0n) is 11.9. The zero-order chi connectivity index (χ0) is 18.8. The van der Waals surface area contributed by atoms with Crippen molar-refractivity contribution in [3.05, 3.63) is 57.9 Å². The Hall–Kier alpha value is -3.37. The van der Waals surface area contributed by atoms with E-state index >= 15 is 0 Å². The van der Waals surface area contributed by atoms with Gasteiger partial charge in [0.05, 0.1) is 11.0 Å². The van der Waals surface area contributed by atoms with Crippen LogP contribution < -0.4 is 9.47 Å². The van der Waals surface area contributed by atoms with Crippen molar-refractivity contribution in [2.75, 3.05) is 0 Å². The summed E-state index contributed by atoms with van der Waals surface area (Å²) >= 11 is 0. The summed E-state index contributed by atoms with van der Waals surface area (Å²) in [7, 11) is 0. The van der Waals surface area contributed by atoms with Gasteiger partial charge >= 0.3 is 12.3 Å². The average molecular weight is 361 g/mol. The number of alkyl halides is 3. The van der Waals surface area contributed by atoms with Gasteiger partial charge in [-0.15, -0.1) is 13.2 Å². The van der Waals surface area contributed by atoms with Crippen LogP contribution >= 0.6 is 0 Å². The van der Waals surface area contributed by atoms with Crippen LogP contribution in [0.3, 0.4) is 0 Å². The van der Waals surface area contributed by atoms with Gasteiger partial charge in [0.15, 0.2) is 11.6 Å². The van der Waals surface area contributed by atoms with Crippen molar-refractivity contribution in [3.63, 3.8) is 0 Å². The predicted molar refractivity (Wildman–Crippen MR) is 73.2 cm³/mol. The predicted octanol–water partition coefficient (Wildman–Crippen LogP) is 4.12. The summed E-state index contributed by atoms with van der Waals surface area (Å²) in [6, 6.07) is 4.80. The number of nitro benzene ring substituents is 1. The Balaban J connectivity index is 2.29. The van der Waals surface area contributed by atoms with Crippen LogP contribution in [0.2, 0.25) is 0 Å². The Morgan fingerprint density at radius 2 is 1.68 bits per heavy atom. The summed E-state index contributed by atoms with van der Waals surface area (Å²) in [5.74, 6) is -4.22. The van der Waals surface area contributed by atoms with E-state index in [0.717, 1.165) is 24.3 Å². The zero-order valence-corrected chi connectivity index (χ0v) is 11.9. The van der Waals surface area contributed by atoms with Gasteiger partial charge in [0.2, 0.25) is 0 Å². The molecule has 0 radical (unpaired) electrons. The monoisotopic (exact) mass is 361 g/mol. The first-order chi connectivity index (χ1) is 11.6. The summed E-state index contributed by atoms with van der Waals surface area (Å²) < 4.78 is 58.7. The molecule has 7 nitrogen and oxygen atoms in total. The standard InChI is InChI=1S/C14H7F4NO6/c15-10-6-11(19(22)23)9(13(20)21)5-12(10)24-7-1-3-8(4-2-7)25-14(16,17)18/h1-6H,(H,20,21). The van der Waals surface area contributed by atoms with Gasteiger partial charge in [-0.1, -0.05) is 0 Å². The van der Waals surface area contributed by atoms with Crippen molar-refractivity contribution in [2.45, 2.75) is 6.36 Å². The van der Waals surface area contributed by atoms with Crippen molar-refractivity contribution >= 4 is 11.7 Å². The molecule has 0 heterocycles. The number of ether oxygens (including phenoxy) is 2. The highest BCUT2D eigenvalue weighted by atomic mass is 19.4. The smallest absolute Gasteiger partial charge is 0.477 e. The minimum Gasteiger partial charge on any atom is -0.477 e. The molecule has 25 heavy (non-hydrogen) atoms. The number of nitrogens with zero attached hydrogens (tertiary/aromatic N) is 1. The van der Waals surface area contributed by atoms with Gasteiger partial charge in [-0.25, -0.2) is 9.18 Å². The van der Waals surface area contributed by atoms with Gasteiger partial charge in [-0.3, -0.25) is 10.1 Å². The van der Waals surface area contributed by atoms with Gasteiger partial charge in [0.1, 0.15) is 17.1 Å². The molecule has 2 aromatic rings. The van der Waals surface area contributed by atoms with Gasteiger partial charge < -0.3 is 14.6 Å². The fraction of sp³-hybridized carbons (Fsp3) is 0.0714. The second-order valence-electron chi connectivity index (χ2n) is 4.48. The summed E-state index contributed by atoms with van der Waals surface area (Å²) in [6.45, 7) is 0. The molecule has 0 spiro atoms. The maximum atomic E-state index is 13.8. The Labute approximate surface area is 136 Å². The van der Waals surface area contributed by atoms with Crippen molar-refractivity contribution < 1.29 is 41.9 Å². The maximum Gasteiger partial charge on any atom is 0.573 e. The Kier molecular flexibility index (Phi) is 4.77.